The second-order valence-corrected chi connectivity index (χ2v) is 4.56. The number of nitrogens with one attached hydrogen (secondary N) is 1. The Balaban J connectivity index is 2.27. The van der Waals surface area contributed by atoms with E-state index in [1.165, 1.54) is 6.20 Å². The largest absolute Gasteiger partial charge is 0.481 e. The number of carbonyl (C=O) groups is 2. The first-order valence-electron chi connectivity index (χ1n) is 6.20. The maximum Gasteiger partial charge on any atom is 0.303 e. The lowest BCUT2D eigenvalue weighted by Gasteiger charge is -2.10. The van der Waals surface area contributed by atoms with E-state index in [0.717, 1.165) is 6.42 Å². The maximum atomic E-state index is 11.7. The number of carboxylic acids is 1. The quantitative estimate of drug-likeness (QED) is 0.688. The van der Waals surface area contributed by atoms with Crippen LogP contribution in [0.5, 0.6) is 0 Å². The summed E-state index contributed by atoms with van der Waals surface area (Å²) >= 11 is 0. The fraction of sp³-hybridized carbons (Fsp3) is 0.462. The van der Waals surface area contributed by atoms with Gasteiger partial charge in [0, 0.05) is 13.0 Å². The minimum Gasteiger partial charge on any atom is -0.481 e. The summed E-state index contributed by atoms with van der Waals surface area (Å²) in [6.07, 6.45) is 2.96. The first kappa shape index (κ1) is 14.9. The molecule has 0 spiro atoms. The van der Waals surface area contributed by atoms with Gasteiger partial charge in [-0.25, -0.2) is 4.98 Å². The highest BCUT2D eigenvalue weighted by molar-refractivity contribution is 5.92. The standard InChI is InChI=1S/C13H19N3O3/c1-9(2-5-12(17)18)6-7-15-13(19)11-4-3-10(14)8-16-11/h3-4,8-9H,2,5-7,14H2,1H3,(H,15,19)(H,17,18). The number of nitrogens with two attached hydrogens (primary N) is 1. The minimum atomic E-state index is -0.790. The molecule has 1 atom stereocenters. The maximum absolute atomic E-state index is 11.7. The van der Waals surface area contributed by atoms with Crippen molar-refractivity contribution >= 4 is 17.6 Å². The second-order valence-electron chi connectivity index (χ2n) is 4.56. The van der Waals surface area contributed by atoms with Crippen molar-refractivity contribution in [1.82, 2.24) is 10.3 Å². The number of hydrogen-bond donors (Lipinski definition) is 3. The third kappa shape index (κ3) is 5.85. The van der Waals surface area contributed by atoms with E-state index in [4.69, 9.17) is 10.8 Å². The van der Waals surface area contributed by atoms with Crippen LogP contribution >= 0.6 is 0 Å². The van der Waals surface area contributed by atoms with Gasteiger partial charge in [0.05, 0.1) is 11.9 Å². The Morgan fingerprint density at radius 2 is 2.16 bits per heavy atom. The second kappa shape index (κ2) is 7.35. The third-order valence-corrected chi connectivity index (χ3v) is 2.79. The predicted octanol–water partition coefficient (Wildman–Crippen LogP) is 1.28. The van der Waals surface area contributed by atoms with E-state index in [2.05, 4.69) is 10.3 Å². The van der Waals surface area contributed by atoms with Crippen LogP contribution in [0.15, 0.2) is 18.3 Å². The zero-order chi connectivity index (χ0) is 14.3. The van der Waals surface area contributed by atoms with Crippen LogP contribution in [0.25, 0.3) is 0 Å². The van der Waals surface area contributed by atoms with Crippen molar-refractivity contribution in [3.63, 3.8) is 0 Å². The lowest BCUT2D eigenvalue weighted by Crippen LogP contribution is -2.26. The van der Waals surface area contributed by atoms with Crippen molar-refractivity contribution in [2.45, 2.75) is 26.2 Å². The molecule has 6 heteroatoms. The zero-order valence-electron chi connectivity index (χ0n) is 10.9. The molecule has 1 aromatic heterocycles. The van der Waals surface area contributed by atoms with E-state index in [1.54, 1.807) is 12.1 Å². The lowest BCUT2D eigenvalue weighted by molar-refractivity contribution is -0.137. The molecule has 6 nitrogen and oxygen atoms in total. The Hall–Kier alpha value is -2.11. The number of anilines is 1. The van der Waals surface area contributed by atoms with Crippen molar-refractivity contribution < 1.29 is 14.7 Å². The van der Waals surface area contributed by atoms with Crippen LogP contribution in [0.3, 0.4) is 0 Å². The summed E-state index contributed by atoms with van der Waals surface area (Å²) in [6.45, 7) is 2.47. The Bertz CT molecular complexity index is 431. The molecular formula is C13H19N3O3. The molecule has 0 fully saturated rings. The summed E-state index contributed by atoms with van der Waals surface area (Å²) in [4.78, 5) is 26.0. The van der Waals surface area contributed by atoms with Gasteiger partial charge in [0.2, 0.25) is 0 Å². The van der Waals surface area contributed by atoms with E-state index in [9.17, 15) is 9.59 Å². The van der Waals surface area contributed by atoms with Gasteiger partial charge < -0.3 is 16.2 Å². The number of carbonyl (C=O) groups excluding carboxylic acids is 1. The van der Waals surface area contributed by atoms with Crippen molar-refractivity contribution in [2.75, 3.05) is 12.3 Å². The van der Waals surface area contributed by atoms with Crippen LogP contribution in [0, 0.1) is 5.92 Å². The summed E-state index contributed by atoms with van der Waals surface area (Å²) in [6, 6.07) is 3.19. The van der Waals surface area contributed by atoms with Crippen LogP contribution in [0.4, 0.5) is 5.69 Å². The van der Waals surface area contributed by atoms with Gasteiger partial charge in [-0.3, -0.25) is 9.59 Å². The van der Waals surface area contributed by atoms with E-state index >= 15 is 0 Å². The van der Waals surface area contributed by atoms with Crippen molar-refractivity contribution in [3.8, 4) is 0 Å². The molecule has 1 unspecified atom stereocenters. The summed E-state index contributed by atoms with van der Waals surface area (Å²) in [7, 11) is 0. The van der Waals surface area contributed by atoms with E-state index in [-0.39, 0.29) is 18.2 Å². The monoisotopic (exact) mass is 265 g/mol. The van der Waals surface area contributed by atoms with Crippen LogP contribution in [-0.2, 0) is 4.79 Å². The first-order valence-corrected chi connectivity index (χ1v) is 6.20. The fourth-order valence-corrected chi connectivity index (χ4v) is 1.58. The van der Waals surface area contributed by atoms with Gasteiger partial charge in [-0.15, -0.1) is 0 Å². The molecule has 0 aliphatic heterocycles. The number of amides is 1. The molecule has 1 amide bonds. The molecule has 19 heavy (non-hydrogen) atoms. The van der Waals surface area contributed by atoms with Crippen LogP contribution < -0.4 is 11.1 Å². The molecule has 1 rings (SSSR count). The molecule has 104 valence electrons. The number of aromatic nitrogens is 1. The number of nitrogens with zero attached hydrogens (tertiary/aromatic N) is 1. The molecule has 0 bridgehead atoms. The lowest BCUT2D eigenvalue weighted by atomic mass is 10.0. The minimum absolute atomic E-state index is 0.161. The van der Waals surface area contributed by atoms with Gasteiger partial charge in [0.1, 0.15) is 5.69 Å². The Morgan fingerprint density at radius 3 is 2.74 bits per heavy atom. The van der Waals surface area contributed by atoms with E-state index in [1.807, 2.05) is 6.92 Å². The van der Waals surface area contributed by atoms with Gasteiger partial charge in [-0.1, -0.05) is 6.92 Å². The molecule has 0 aliphatic rings. The Kier molecular flexibility index (Phi) is 5.78. The Labute approximate surface area is 112 Å². The summed E-state index contributed by atoms with van der Waals surface area (Å²) in [5, 5.41) is 11.3. The summed E-state index contributed by atoms with van der Waals surface area (Å²) in [5.41, 5.74) is 6.32. The van der Waals surface area contributed by atoms with Gasteiger partial charge in [-0.05, 0) is 30.9 Å². The van der Waals surface area contributed by atoms with Gasteiger partial charge in [0.15, 0.2) is 0 Å². The molecule has 1 aromatic rings. The van der Waals surface area contributed by atoms with Crippen molar-refractivity contribution in [3.05, 3.63) is 24.0 Å². The van der Waals surface area contributed by atoms with Gasteiger partial charge in [-0.2, -0.15) is 0 Å². The van der Waals surface area contributed by atoms with Crippen LogP contribution in [0.1, 0.15) is 36.7 Å². The zero-order valence-corrected chi connectivity index (χ0v) is 10.9. The fourth-order valence-electron chi connectivity index (χ4n) is 1.58. The predicted molar refractivity (Wildman–Crippen MR) is 71.6 cm³/mol. The summed E-state index contributed by atoms with van der Waals surface area (Å²) in [5.74, 6) is -0.775. The topological polar surface area (TPSA) is 105 Å². The SMILES string of the molecule is CC(CCNC(=O)c1ccc(N)cn1)CCC(=O)O. The number of aliphatic carboxylic acids is 1. The molecule has 0 aromatic carbocycles. The molecular weight excluding hydrogens is 246 g/mol. The molecule has 1 heterocycles. The normalized spacial score (nSPS) is 11.8. The Morgan fingerprint density at radius 1 is 1.42 bits per heavy atom. The van der Waals surface area contributed by atoms with Gasteiger partial charge >= 0.3 is 5.97 Å². The van der Waals surface area contributed by atoms with Crippen LogP contribution in [0.2, 0.25) is 0 Å². The van der Waals surface area contributed by atoms with E-state index < -0.39 is 5.97 Å². The van der Waals surface area contributed by atoms with Crippen molar-refractivity contribution in [1.29, 1.82) is 0 Å². The van der Waals surface area contributed by atoms with Crippen LogP contribution in [-0.4, -0.2) is 28.5 Å². The molecule has 4 N–H and O–H groups in total. The highest BCUT2D eigenvalue weighted by Crippen LogP contribution is 2.09. The molecule has 0 saturated heterocycles. The molecule has 0 radical (unpaired) electrons. The van der Waals surface area contributed by atoms with Gasteiger partial charge in [0.25, 0.3) is 5.91 Å². The highest BCUT2D eigenvalue weighted by Gasteiger charge is 2.08. The number of pyridine rings is 1. The third-order valence-electron chi connectivity index (χ3n) is 2.79. The number of hydrogen-bond acceptors (Lipinski definition) is 4. The van der Waals surface area contributed by atoms with E-state index in [0.29, 0.717) is 24.3 Å². The molecule has 0 aliphatic carbocycles. The van der Waals surface area contributed by atoms with Crippen molar-refractivity contribution in [2.24, 2.45) is 5.92 Å². The average molecular weight is 265 g/mol. The number of nitrogen functional groups attached to an aromatic ring is 1. The molecule has 0 saturated carbocycles. The smallest absolute Gasteiger partial charge is 0.303 e. The average Bonchev–Trinajstić information content (AvgIpc) is 2.37. The highest BCUT2D eigenvalue weighted by atomic mass is 16.4. The summed E-state index contributed by atoms with van der Waals surface area (Å²) < 4.78 is 0. The number of carboxylic acid groups (broad SMARTS) is 1. The first-order chi connectivity index (χ1) is 8.99. The number of rotatable bonds is 7.